The Labute approximate surface area is 166 Å². The highest BCUT2D eigenvalue weighted by Crippen LogP contribution is 2.33. The number of nitrogens with one attached hydrogen (secondary N) is 2. The lowest BCUT2D eigenvalue weighted by Crippen LogP contribution is -2.32. The molecule has 4 rings (SSSR count). The van der Waals surface area contributed by atoms with Crippen LogP contribution < -0.4 is 15.4 Å². The zero-order valence-corrected chi connectivity index (χ0v) is 16.2. The van der Waals surface area contributed by atoms with Gasteiger partial charge in [0.15, 0.2) is 0 Å². The van der Waals surface area contributed by atoms with E-state index in [2.05, 4.69) is 20.6 Å². The molecule has 0 bridgehead atoms. The topological polar surface area (TPSA) is 92.3 Å². The van der Waals surface area contributed by atoms with Crippen molar-refractivity contribution in [1.82, 2.24) is 25.2 Å². The molecule has 0 atom stereocenters. The van der Waals surface area contributed by atoms with Gasteiger partial charge in [-0.2, -0.15) is 0 Å². The molecule has 0 radical (unpaired) electrons. The van der Waals surface area contributed by atoms with Gasteiger partial charge >= 0.3 is 6.03 Å². The second-order valence-electron chi connectivity index (χ2n) is 6.17. The fourth-order valence-corrected chi connectivity index (χ4v) is 3.70. The molecule has 0 saturated carbocycles. The summed E-state index contributed by atoms with van der Waals surface area (Å²) in [6.45, 7) is 2.61. The lowest BCUT2D eigenvalue weighted by atomic mass is 10.1. The number of hydrogen-bond donors (Lipinski definition) is 2. The number of thiophene rings is 1. The number of ether oxygens (including phenoxy) is 1. The fourth-order valence-electron chi connectivity index (χ4n) is 2.97. The quantitative estimate of drug-likeness (QED) is 0.638. The number of nitrogens with zero attached hydrogens (tertiary/aromatic N) is 4. The molecule has 1 aliphatic heterocycles. The van der Waals surface area contributed by atoms with E-state index in [0.29, 0.717) is 31.5 Å². The van der Waals surface area contributed by atoms with Gasteiger partial charge in [-0.1, -0.05) is 6.07 Å². The van der Waals surface area contributed by atoms with Gasteiger partial charge in [-0.25, -0.2) is 19.7 Å². The molecule has 9 heteroatoms. The van der Waals surface area contributed by atoms with Gasteiger partial charge in [-0.05, 0) is 17.5 Å². The molecule has 1 aliphatic rings. The van der Waals surface area contributed by atoms with E-state index in [1.165, 1.54) is 0 Å². The van der Waals surface area contributed by atoms with Crippen LogP contribution in [0, 0.1) is 0 Å². The Hall–Kier alpha value is -3.20. The lowest BCUT2D eigenvalue weighted by Gasteiger charge is -2.15. The van der Waals surface area contributed by atoms with Crippen molar-refractivity contribution >= 4 is 23.3 Å². The molecule has 0 unspecified atom stereocenters. The Morgan fingerprint density at radius 1 is 1.29 bits per heavy atom. The highest BCUT2D eigenvalue weighted by molar-refractivity contribution is 7.13. The van der Waals surface area contributed by atoms with Crippen LogP contribution in [0.5, 0.6) is 5.88 Å². The van der Waals surface area contributed by atoms with Gasteiger partial charge < -0.3 is 20.3 Å². The van der Waals surface area contributed by atoms with Crippen molar-refractivity contribution in [2.75, 3.05) is 38.6 Å². The first-order chi connectivity index (χ1) is 13.7. The highest BCUT2D eigenvalue weighted by atomic mass is 32.1. The third-order valence-corrected chi connectivity index (χ3v) is 5.29. The van der Waals surface area contributed by atoms with Crippen LogP contribution in [0.25, 0.3) is 21.7 Å². The van der Waals surface area contributed by atoms with Crippen molar-refractivity contribution in [1.29, 1.82) is 0 Å². The molecule has 8 nitrogen and oxygen atoms in total. The zero-order valence-electron chi connectivity index (χ0n) is 15.4. The fraction of sp³-hybridized carbons (Fsp3) is 0.263. The molecule has 2 amide bonds. The van der Waals surface area contributed by atoms with E-state index in [9.17, 15) is 4.79 Å². The minimum Gasteiger partial charge on any atom is -0.481 e. The predicted octanol–water partition coefficient (Wildman–Crippen LogP) is 2.71. The Balaban J connectivity index is 1.56. The second kappa shape index (κ2) is 8.22. The van der Waals surface area contributed by atoms with Crippen LogP contribution in [0.1, 0.15) is 0 Å². The SMILES string of the molecule is COc1ccc(-c2cnc(NCCN3CCNC3=O)nc2-c2cccs2)cn1. The summed E-state index contributed by atoms with van der Waals surface area (Å²) in [5.74, 6) is 1.10. The van der Waals surface area contributed by atoms with E-state index in [1.807, 2.05) is 29.6 Å². The monoisotopic (exact) mass is 396 g/mol. The van der Waals surface area contributed by atoms with E-state index >= 15 is 0 Å². The average molecular weight is 396 g/mol. The number of rotatable bonds is 7. The third-order valence-electron chi connectivity index (χ3n) is 4.41. The van der Waals surface area contributed by atoms with Crippen LogP contribution in [0.4, 0.5) is 10.7 Å². The summed E-state index contributed by atoms with van der Waals surface area (Å²) in [6, 6.07) is 7.77. The van der Waals surface area contributed by atoms with Crippen molar-refractivity contribution in [2.24, 2.45) is 0 Å². The first-order valence-corrected chi connectivity index (χ1v) is 9.80. The summed E-state index contributed by atoms with van der Waals surface area (Å²) < 4.78 is 5.14. The summed E-state index contributed by atoms with van der Waals surface area (Å²) in [4.78, 5) is 27.9. The van der Waals surface area contributed by atoms with Gasteiger partial charge in [0.2, 0.25) is 11.8 Å². The molecule has 0 aromatic carbocycles. The number of anilines is 1. The second-order valence-corrected chi connectivity index (χ2v) is 7.12. The lowest BCUT2D eigenvalue weighted by molar-refractivity contribution is 0.219. The predicted molar refractivity (Wildman–Crippen MR) is 109 cm³/mol. The van der Waals surface area contributed by atoms with Crippen LogP contribution in [0.2, 0.25) is 0 Å². The molecule has 144 valence electrons. The maximum atomic E-state index is 11.6. The normalized spacial score (nSPS) is 13.5. The summed E-state index contributed by atoms with van der Waals surface area (Å²) in [5, 5.41) is 8.03. The molecule has 0 spiro atoms. The van der Waals surface area contributed by atoms with Gasteiger partial charge in [0.1, 0.15) is 0 Å². The summed E-state index contributed by atoms with van der Waals surface area (Å²) in [7, 11) is 1.59. The van der Waals surface area contributed by atoms with Gasteiger partial charge in [-0.3, -0.25) is 0 Å². The third kappa shape index (κ3) is 3.89. The smallest absolute Gasteiger partial charge is 0.317 e. The number of methoxy groups -OCH3 is 1. The van der Waals surface area contributed by atoms with Crippen LogP contribution in [0.3, 0.4) is 0 Å². The van der Waals surface area contributed by atoms with Gasteiger partial charge in [0.25, 0.3) is 0 Å². The van der Waals surface area contributed by atoms with E-state index in [4.69, 9.17) is 9.72 Å². The number of hydrogen-bond acceptors (Lipinski definition) is 7. The van der Waals surface area contributed by atoms with E-state index < -0.39 is 0 Å². The maximum absolute atomic E-state index is 11.6. The Morgan fingerprint density at radius 2 is 2.21 bits per heavy atom. The Morgan fingerprint density at radius 3 is 2.89 bits per heavy atom. The van der Waals surface area contributed by atoms with Crippen LogP contribution >= 0.6 is 11.3 Å². The van der Waals surface area contributed by atoms with Crippen molar-refractivity contribution in [2.45, 2.75) is 0 Å². The zero-order chi connectivity index (χ0) is 19.3. The summed E-state index contributed by atoms with van der Waals surface area (Å²) >= 11 is 1.62. The molecule has 4 heterocycles. The van der Waals surface area contributed by atoms with Gasteiger partial charge in [0, 0.05) is 55.8 Å². The number of aromatic nitrogens is 3. The average Bonchev–Trinajstić information content (AvgIpc) is 3.40. The molecule has 1 fully saturated rings. The molecule has 0 aliphatic carbocycles. The Bertz CT molecular complexity index is 946. The first-order valence-electron chi connectivity index (χ1n) is 8.92. The largest absolute Gasteiger partial charge is 0.481 e. The highest BCUT2D eigenvalue weighted by Gasteiger charge is 2.19. The number of amides is 2. The van der Waals surface area contributed by atoms with Crippen LogP contribution in [0.15, 0.2) is 42.0 Å². The molecule has 1 saturated heterocycles. The number of pyridine rings is 1. The van der Waals surface area contributed by atoms with Crippen molar-refractivity contribution < 1.29 is 9.53 Å². The molecular weight excluding hydrogens is 376 g/mol. The van der Waals surface area contributed by atoms with Gasteiger partial charge in [-0.15, -0.1) is 11.3 Å². The minimum absolute atomic E-state index is 0.0238. The molecular formula is C19H20N6O2S. The molecule has 3 aromatic rings. The van der Waals surface area contributed by atoms with Crippen molar-refractivity contribution in [3.63, 3.8) is 0 Å². The first kappa shape index (κ1) is 18.2. The molecule has 28 heavy (non-hydrogen) atoms. The molecule has 3 aromatic heterocycles. The van der Waals surface area contributed by atoms with E-state index in [-0.39, 0.29) is 6.03 Å². The van der Waals surface area contributed by atoms with E-state index in [1.54, 1.807) is 35.7 Å². The number of urea groups is 1. The standard InChI is InChI=1S/C19H20N6O2S/c1-27-16-5-4-13(11-22-16)14-12-23-18(24-17(14)15-3-2-10-28-15)20-6-8-25-9-7-21-19(25)26/h2-5,10-12H,6-9H2,1H3,(H,21,26)(H,20,23,24). The number of carbonyl (C=O) groups excluding carboxylic acids is 1. The van der Waals surface area contributed by atoms with Crippen molar-refractivity contribution in [3.05, 3.63) is 42.0 Å². The van der Waals surface area contributed by atoms with Gasteiger partial charge in [0.05, 0.1) is 17.7 Å². The van der Waals surface area contributed by atoms with Crippen LogP contribution in [-0.4, -0.2) is 59.2 Å². The summed E-state index contributed by atoms with van der Waals surface area (Å²) in [5.41, 5.74) is 2.67. The van der Waals surface area contributed by atoms with Crippen LogP contribution in [-0.2, 0) is 0 Å². The van der Waals surface area contributed by atoms with E-state index in [0.717, 1.165) is 28.2 Å². The summed E-state index contributed by atoms with van der Waals surface area (Å²) in [6.07, 6.45) is 3.56. The maximum Gasteiger partial charge on any atom is 0.317 e. The molecule has 2 N–H and O–H groups in total. The minimum atomic E-state index is -0.0238. The number of carbonyl (C=O) groups is 1. The van der Waals surface area contributed by atoms with Crippen molar-refractivity contribution in [3.8, 4) is 27.6 Å². The Kier molecular flexibility index (Phi) is 5.34.